The minimum absolute atomic E-state index is 0.134. The maximum atomic E-state index is 8.49. The fraction of sp³-hybridized carbons (Fsp3) is 0.323. The molecular weight excluding hydrogens is 1510 g/mol. The fourth-order valence-electron chi connectivity index (χ4n) is 25.7. The summed E-state index contributed by atoms with van der Waals surface area (Å²) < 4.78 is 8.49. The molecule has 125 heavy (non-hydrogen) atoms. The van der Waals surface area contributed by atoms with Gasteiger partial charge in [0.2, 0.25) is 0 Å². The van der Waals surface area contributed by atoms with E-state index < -0.39 is 0 Å². The van der Waals surface area contributed by atoms with Crippen molar-refractivity contribution in [1.82, 2.24) is 0 Å². The molecule has 0 aliphatic carbocycles. The van der Waals surface area contributed by atoms with Crippen LogP contribution < -0.4 is 0 Å². The predicted octanol–water partition coefficient (Wildman–Crippen LogP) is 37.5. The second kappa shape index (κ2) is 21.2. The summed E-state index contributed by atoms with van der Waals surface area (Å²) in [7, 11) is 0. The van der Waals surface area contributed by atoms with Gasteiger partial charge in [-0.25, -0.2) is 0 Å². The summed E-state index contributed by atoms with van der Waals surface area (Å²) in [5.74, 6) is 0. The third kappa shape index (κ3) is 8.64. The van der Waals surface area contributed by atoms with E-state index in [1.807, 2.05) is 0 Å². The Hall–Kier alpha value is -11.1. The molecule has 0 saturated heterocycles. The number of hydrogen-bond acceptors (Lipinski definition) is 1. The molecule has 0 saturated carbocycles. The smallest absolute Gasteiger partial charge is 0.136 e. The monoisotopic (exact) mass is 1620 g/mol. The van der Waals surface area contributed by atoms with Crippen LogP contribution in [0.3, 0.4) is 0 Å². The van der Waals surface area contributed by atoms with Crippen LogP contribution in [-0.4, -0.2) is 0 Å². The molecule has 1 aromatic heterocycles. The van der Waals surface area contributed by atoms with Gasteiger partial charge < -0.3 is 4.42 Å². The van der Waals surface area contributed by atoms with E-state index in [0.717, 1.165) is 11.2 Å². The van der Waals surface area contributed by atoms with E-state index in [9.17, 15) is 0 Å². The maximum absolute atomic E-state index is 8.49. The van der Waals surface area contributed by atoms with Crippen LogP contribution in [0.15, 0.2) is 138 Å². The van der Waals surface area contributed by atoms with Crippen molar-refractivity contribution in [3.05, 3.63) is 189 Å². The molecule has 1 heteroatoms. The molecular formula is C124H112O. The van der Waals surface area contributed by atoms with Gasteiger partial charge in [0.1, 0.15) is 11.2 Å². The molecule has 1 nitrogen and oxygen atoms in total. The molecule has 0 radical (unpaired) electrons. The Bertz CT molecular complexity index is 8910. The van der Waals surface area contributed by atoms with Gasteiger partial charge in [-0.15, -0.1) is 0 Å². The number of benzene rings is 26. The molecule has 26 aromatic carbocycles. The van der Waals surface area contributed by atoms with E-state index in [1.165, 1.54) is 325 Å². The van der Waals surface area contributed by atoms with Crippen molar-refractivity contribution in [3.8, 4) is 0 Å². The average molecular weight is 1620 g/mol. The molecule has 27 rings (SSSR count). The lowest BCUT2D eigenvalue weighted by molar-refractivity contribution is 0.591. The van der Waals surface area contributed by atoms with Crippen LogP contribution in [-0.2, 0) is 54.1 Å². The van der Waals surface area contributed by atoms with Gasteiger partial charge in [0.25, 0.3) is 0 Å². The molecule has 0 aliphatic heterocycles. The van der Waals surface area contributed by atoms with Crippen LogP contribution >= 0.6 is 0 Å². The van der Waals surface area contributed by atoms with E-state index in [1.54, 1.807) is 0 Å². The van der Waals surface area contributed by atoms with Crippen LogP contribution in [0.5, 0.6) is 0 Å². The van der Waals surface area contributed by atoms with Crippen LogP contribution in [0, 0.1) is 0 Å². The van der Waals surface area contributed by atoms with Gasteiger partial charge in [0.05, 0.1) is 0 Å². The van der Waals surface area contributed by atoms with E-state index >= 15 is 0 Å². The quantitative estimate of drug-likeness (QED) is 0.109. The second-order valence-electron chi connectivity index (χ2n) is 50.7. The topological polar surface area (TPSA) is 13.1 Å². The summed E-state index contributed by atoms with van der Waals surface area (Å²) in [6.45, 7) is 73.5. The molecule has 0 unspecified atom stereocenters. The van der Waals surface area contributed by atoms with Crippen molar-refractivity contribution in [2.24, 2.45) is 0 Å². The number of rotatable bonds is 0. The zero-order valence-corrected chi connectivity index (χ0v) is 79.1. The lowest BCUT2D eigenvalue weighted by Crippen LogP contribution is -2.14. The first-order valence-corrected chi connectivity index (χ1v) is 46.9. The van der Waals surface area contributed by atoms with Crippen molar-refractivity contribution >= 4 is 280 Å². The number of furan rings is 1. The van der Waals surface area contributed by atoms with Crippen molar-refractivity contribution in [3.63, 3.8) is 0 Å². The molecule has 614 valence electrons. The Morgan fingerprint density at radius 3 is 0.328 bits per heavy atom. The highest BCUT2D eigenvalue weighted by atomic mass is 16.3. The number of fused-ring (bicyclic) bond motifs is 17. The minimum atomic E-state index is -0.244. The largest absolute Gasteiger partial charge is 0.456 e. The van der Waals surface area contributed by atoms with Gasteiger partial charge in [0, 0.05) is 21.5 Å². The summed E-state index contributed by atoms with van der Waals surface area (Å²) in [5, 5.41) is 68.9. The molecule has 0 N–H and O–H groups in total. The second-order valence-corrected chi connectivity index (χ2v) is 50.7. The SMILES string of the molecule is CC(C)(C)c1cc2c3cc(C(C)(C)C)cc4c5cc(C(C)(C)C)cc6c7cc8oc9cc%10c%11cc(C(C)(C)C)cc%12c%13cc(C(C)(C)C)cc%14c%15cc(C(C)(C)C)cc%16c%17cc(C(C)(C)C)cc%18c%19cc(C(C)(C)C)cc%20c%19c%19c(c%17%18)c(c%15%16)c(c%14%13)c(c%12%11)c%19c%10c%20c9c8c8c9cc(C(C)(C)C)cc%10c%11cc(C(C)(C)C)cc%12c(c1)c2c1c(c34)c(c56)c(c78)c(c%109)c1c%12%11. The maximum Gasteiger partial charge on any atom is 0.136 e. The summed E-state index contributed by atoms with van der Waals surface area (Å²) >= 11 is 0. The normalized spacial score (nSPS) is 15.0. The first kappa shape index (κ1) is 74.2. The van der Waals surface area contributed by atoms with E-state index in [4.69, 9.17) is 4.42 Å². The van der Waals surface area contributed by atoms with Gasteiger partial charge in [-0.3, -0.25) is 0 Å². The third-order valence-electron chi connectivity index (χ3n) is 32.5. The zero-order chi connectivity index (χ0) is 87.1. The Balaban J connectivity index is 0.992. The lowest BCUT2D eigenvalue weighted by Gasteiger charge is -2.33. The Morgan fingerprint density at radius 1 is 0.104 bits per heavy atom. The van der Waals surface area contributed by atoms with Gasteiger partial charge in [-0.1, -0.05) is 208 Å². The fourth-order valence-corrected chi connectivity index (χ4v) is 25.7. The van der Waals surface area contributed by atoms with Crippen LogP contribution in [0.25, 0.3) is 280 Å². The highest BCUT2D eigenvalue weighted by Crippen LogP contribution is 2.68. The van der Waals surface area contributed by atoms with Crippen molar-refractivity contribution in [1.29, 1.82) is 0 Å². The van der Waals surface area contributed by atoms with Gasteiger partial charge >= 0.3 is 0 Å². The van der Waals surface area contributed by atoms with E-state index in [0.29, 0.717) is 0 Å². The highest BCUT2D eigenvalue weighted by molar-refractivity contribution is 6.66. The van der Waals surface area contributed by atoms with Crippen LogP contribution in [0.1, 0.15) is 263 Å². The highest BCUT2D eigenvalue weighted by Gasteiger charge is 2.41. The van der Waals surface area contributed by atoms with Gasteiger partial charge in [-0.05, 0) is 491 Å². The molecule has 0 atom stereocenters. The summed E-state index contributed by atoms with van der Waals surface area (Å²) in [6.07, 6.45) is 0. The standard InChI is InChI=1S/C124H112O/c1-115(2,3)53-31-63-67-35-55(117(7,8)9)37-71-73-41-59(121(19,20)21)45-79-81-51-85-101(99-83-49-61(123(25,26)27)47-77-75-43-57(119(13,14)15)39-69-65(33-53)87(63)103-105(89(67)71)109(93(73)79)113(97(81)99)111(95(77)83)107(103)91(69)75)102-86(125-85)52-82-80-46-60(122(22,23)24)42-74-72-38-56(118(10,11)12)36-68-64-32-54(116(4,5)6)34-66-70-40-58(120(16,17)18)44-76-78-48-62(124(28,29)30)50-84-96(78)112-108(92(70)76)104(88(64)66)106(90(68)72)110(94(74)80)114(112)98(82)100(84)102/h31-52H,1-30H3. The van der Waals surface area contributed by atoms with Crippen molar-refractivity contribution < 1.29 is 4.42 Å². The summed E-state index contributed by atoms with van der Waals surface area (Å²) in [6, 6.07) is 58.7. The van der Waals surface area contributed by atoms with E-state index in [2.05, 4.69) is 341 Å². The Kier molecular flexibility index (Phi) is 12.6. The van der Waals surface area contributed by atoms with Gasteiger partial charge in [0.15, 0.2) is 0 Å². The summed E-state index contributed by atoms with van der Waals surface area (Å²) in [4.78, 5) is 0. The Morgan fingerprint density at radius 2 is 0.200 bits per heavy atom. The lowest BCUT2D eigenvalue weighted by atomic mass is 9.69. The summed E-state index contributed by atoms with van der Waals surface area (Å²) in [5.41, 5.74) is 13.8. The third-order valence-corrected chi connectivity index (χ3v) is 32.5. The first-order chi connectivity index (χ1) is 58.3. The molecule has 1 heterocycles. The molecule has 0 fully saturated rings. The van der Waals surface area contributed by atoms with Crippen LogP contribution in [0.4, 0.5) is 0 Å². The average Bonchev–Trinajstić information content (AvgIpc) is 1.63. The van der Waals surface area contributed by atoms with Crippen molar-refractivity contribution in [2.75, 3.05) is 0 Å². The first-order valence-electron chi connectivity index (χ1n) is 46.9. The van der Waals surface area contributed by atoms with Crippen molar-refractivity contribution in [2.45, 2.75) is 262 Å². The van der Waals surface area contributed by atoms with E-state index in [-0.39, 0.29) is 54.1 Å². The zero-order valence-electron chi connectivity index (χ0n) is 79.1. The minimum Gasteiger partial charge on any atom is -0.456 e. The molecule has 0 bridgehead atoms. The van der Waals surface area contributed by atoms with Crippen LogP contribution in [0.2, 0.25) is 0 Å². The number of hydrogen-bond donors (Lipinski definition) is 0. The van der Waals surface area contributed by atoms with Gasteiger partial charge in [-0.2, -0.15) is 0 Å². The molecule has 0 amide bonds. The molecule has 0 spiro atoms. The molecule has 0 aliphatic rings. The predicted molar refractivity (Wildman–Crippen MR) is 555 cm³/mol. The Labute approximate surface area is 730 Å². The molecule has 27 aromatic rings.